The van der Waals surface area contributed by atoms with Gasteiger partial charge in [0.25, 0.3) is 5.91 Å². The van der Waals surface area contributed by atoms with Gasteiger partial charge in [0.05, 0.1) is 0 Å². The Morgan fingerprint density at radius 2 is 2.05 bits per heavy atom. The Bertz CT molecular complexity index is 436. The number of carbonyl (C=O) groups is 1. The molecule has 1 aliphatic heterocycles. The molecule has 1 aromatic rings. The molecule has 1 heterocycles. The van der Waals surface area contributed by atoms with Crippen molar-refractivity contribution in [1.29, 1.82) is 0 Å². The Hall–Kier alpha value is -1.26. The van der Waals surface area contributed by atoms with Crippen LogP contribution in [-0.2, 0) is 4.79 Å². The van der Waals surface area contributed by atoms with Crippen molar-refractivity contribution < 1.29 is 9.53 Å². The van der Waals surface area contributed by atoms with E-state index in [9.17, 15) is 4.79 Å². The van der Waals surface area contributed by atoms with E-state index in [-0.39, 0.29) is 18.3 Å². The second-order valence-corrected chi connectivity index (χ2v) is 5.21. The maximum atomic E-state index is 12.3. The number of amides is 1. The van der Waals surface area contributed by atoms with Crippen LogP contribution in [0.2, 0.25) is 0 Å². The fraction of sp³-hybridized carbons (Fsp3) is 0.533. The van der Waals surface area contributed by atoms with E-state index in [2.05, 4.69) is 12.2 Å². The van der Waals surface area contributed by atoms with Crippen LogP contribution in [0.25, 0.3) is 0 Å². The highest BCUT2D eigenvalue weighted by Crippen LogP contribution is 2.14. The molecule has 0 aromatic heterocycles. The van der Waals surface area contributed by atoms with Gasteiger partial charge < -0.3 is 15.0 Å². The van der Waals surface area contributed by atoms with Crippen LogP contribution in [0.15, 0.2) is 24.3 Å². The van der Waals surface area contributed by atoms with E-state index >= 15 is 0 Å². The Morgan fingerprint density at radius 1 is 1.40 bits per heavy atom. The largest absolute Gasteiger partial charge is 0.481 e. The molecule has 0 aliphatic carbocycles. The predicted molar refractivity (Wildman–Crippen MR) is 82.6 cm³/mol. The fourth-order valence-electron chi connectivity index (χ4n) is 2.26. The lowest BCUT2D eigenvalue weighted by Crippen LogP contribution is -2.54. The normalized spacial score (nSPS) is 19.9. The van der Waals surface area contributed by atoms with Crippen molar-refractivity contribution in [1.82, 2.24) is 10.2 Å². The summed E-state index contributed by atoms with van der Waals surface area (Å²) in [6.07, 6.45) is -0.437. The average Bonchev–Trinajstić information content (AvgIpc) is 2.40. The molecule has 20 heavy (non-hydrogen) atoms. The van der Waals surface area contributed by atoms with E-state index in [0.717, 1.165) is 25.4 Å². The Kier molecular flexibility index (Phi) is 6.30. The van der Waals surface area contributed by atoms with Gasteiger partial charge in [-0.2, -0.15) is 0 Å². The molecule has 2 atom stereocenters. The fourth-order valence-corrected chi connectivity index (χ4v) is 2.26. The van der Waals surface area contributed by atoms with E-state index in [1.807, 2.05) is 43.0 Å². The Balaban J connectivity index is 0.00000200. The number of piperazine rings is 1. The van der Waals surface area contributed by atoms with Crippen molar-refractivity contribution in [3.05, 3.63) is 29.8 Å². The van der Waals surface area contributed by atoms with Gasteiger partial charge in [-0.3, -0.25) is 4.79 Å². The lowest BCUT2D eigenvalue weighted by atomic mass is 10.2. The number of hydrogen-bond donors (Lipinski definition) is 1. The smallest absolute Gasteiger partial charge is 0.263 e. The standard InChI is InChI=1S/C15H22N2O2.ClH/c1-11-4-6-14(7-5-11)19-13(3)15(18)17-9-8-16-12(2)10-17;/h4-7,12-13,16H,8-10H2,1-3H3;1H. The maximum Gasteiger partial charge on any atom is 0.263 e. The van der Waals surface area contributed by atoms with Crippen molar-refractivity contribution in [2.45, 2.75) is 32.9 Å². The first kappa shape index (κ1) is 16.8. The van der Waals surface area contributed by atoms with Gasteiger partial charge in [0, 0.05) is 25.7 Å². The van der Waals surface area contributed by atoms with Crippen LogP contribution in [0.3, 0.4) is 0 Å². The number of carbonyl (C=O) groups excluding carboxylic acids is 1. The molecule has 0 bridgehead atoms. The molecular formula is C15H23ClN2O2. The zero-order valence-electron chi connectivity index (χ0n) is 12.3. The van der Waals surface area contributed by atoms with Gasteiger partial charge in [0.1, 0.15) is 5.75 Å². The zero-order valence-corrected chi connectivity index (χ0v) is 13.1. The molecule has 112 valence electrons. The summed E-state index contributed by atoms with van der Waals surface area (Å²) in [5, 5.41) is 3.33. The van der Waals surface area contributed by atoms with Gasteiger partial charge in [-0.05, 0) is 32.9 Å². The summed E-state index contributed by atoms with van der Waals surface area (Å²) in [4.78, 5) is 14.2. The second kappa shape index (κ2) is 7.50. The molecule has 1 aliphatic rings. The molecule has 1 saturated heterocycles. The van der Waals surface area contributed by atoms with Gasteiger partial charge >= 0.3 is 0 Å². The second-order valence-electron chi connectivity index (χ2n) is 5.21. The van der Waals surface area contributed by atoms with Crippen LogP contribution < -0.4 is 10.1 Å². The summed E-state index contributed by atoms with van der Waals surface area (Å²) in [5.41, 5.74) is 1.18. The number of aryl methyl sites for hydroxylation is 1. The van der Waals surface area contributed by atoms with E-state index < -0.39 is 6.10 Å². The monoisotopic (exact) mass is 298 g/mol. The summed E-state index contributed by atoms with van der Waals surface area (Å²) < 4.78 is 5.71. The van der Waals surface area contributed by atoms with Crippen LogP contribution in [-0.4, -0.2) is 42.6 Å². The highest BCUT2D eigenvalue weighted by atomic mass is 35.5. The van der Waals surface area contributed by atoms with E-state index in [4.69, 9.17) is 4.74 Å². The van der Waals surface area contributed by atoms with Gasteiger partial charge in [0.15, 0.2) is 6.10 Å². The molecule has 1 aromatic carbocycles. The molecule has 1 N–H and O–H groups in total. The lowest BCUT2D eigenvalue weighted by Gasteiger charge is -2.33. The van der Waals surface area contributed by atoms with Crippen molar-refractivity contribution >= 4 is 18.3 Å². The number of nitrogens with zero attached hydrogens (tertiary/aromatic N) is 1. The highest BCUT2D eigenvalue weighted by molar-refractivity contribution is 5.85. The quantitative estimate of drug-likeness (QED) is 0.928. The van der Waals surface area contributed by atoms with Crippen LogP contribution >= 0.6 is 12.4 Å². The van der Waals surface area contributed by atoms with Crippen LogP contribution in [0.1, 0.15) is 19.4 Å². The van der Waals surface area contributed by atoms with Crippen molar-refractivity contribution in [2.24, 2.45) is 0 Å². The molecule has 2 rings (SSSR count). The van der Waals surface area contributed by atoms with E-state index in [0.29, 0.717) is 6.04 Å². The molecule has 0 spiro atoms. The molecule has 1 amide bonds. The average molecular weight is 299 g/mol. The van der Waals surface area contributed by atoms with Crippen molar-refractivity contribution in [2.75, 3.05) is 19.6 Å². The van der Waals surface area contributed by atoms with Gasteiger partial charge in [-0.15, -0.1) is 12.4 Å². The summed E-state index contributed by atoms with van der Waals surface area (Å²) in [6.45, 7) is 8.29. The Morgan fingerprint density at radius 3 is 2.65 bits per heavy atom. The molecule has 0 saturated carbocycles. The lowest BCUT2D eigenvalue weighted by molar-refractivity contribution is -0.139. The molecule has 1 fully saturated rings. The number of halogens is 1. The zero-order chi connectivity index (χ0) is 13.8. The van der Waals surface area contributed by atoms with Gasteiger partial charge in [-0.25, -0.2) is 0 Å². The maximum absolute atomic E-state index is 12.3. The first-order valence-electron chi connectivity index (χ1n) is 6.82. The summed E-state index contributed by atoms with van der Waals surface area (Å²) >= 11 is 0. The number of nitrogens with one attached hydrogen (secondary N) is 1. The van der Waals surface area contributed by atoms with E-state index in [1.54, 1.807) is 0 Å². The molecule has 0 radical (unpaired) electrons. The summed E-state index contributed by atoms with van der Waals surface area (Å²) in [5.74, 6) is 0.809. The molecular weight excluding hydrogens is 276 g/mol. The van der Waals surface area contributed by atoms with E-state index in [1.165, 1.54) is 5.56 Å². The minimum absolute atomic E-state index is 0. The van der Waals surface area contributed by atoms with Crippen LogP contribution in [0, 0.1) is 6.92 Å². The first-order valence-corrected chi connectivity index (χ1v) is 6.82. The molecule has 4 nitrogen and oxygen atoms in total. The summed E-state index contributed by atoms with van der Waals surface area (Å²) in [6, 6.07) is 8.13. The minimum atomic E-state index is -0.437. The first-order chi connectivity index (χ1) is 9.06. The highest BCUT2D eigenvalue weighted by Gasteiger charge is 2.25. The molecule has 5 heteroatoms. The van der Waals surface area contributed by atoms with Crippen LogP contribution in [0.4, 0.5) is 0 Å². The minimum Gasteiger partial charge on any atom is -0.481 e. The third-order valence-corrected chi connectivity index (χ3v) is 3.36. The number of hydrogen-bond acceptors (Lipinski definition) is 3. The van der Waals surface area contributed by atoms with Crippen LogP contribution in [0.5, 0.6) is 5.75 Å². The third-order valence-electron chi connectivity index (χ3n) is 3.36. The number of ether oxygens (including phenoxy) is 1. The SMILES string of the molecule is Cc1ccc(OC(C)C(=O)N2CCNC(C)C2)cc1.Cl. The van der Waals surface area contributed by atoms with Gasteiger partial charge in [-0.1, -0.05) is 17.7 Å². The predicted octanol–water partition coefficient (Wildman–Crippen LogP) is 2.00. The van der Waals surface area contributed by atoms with Crippen molar-refractivity contribution in [3.8, 4) is 5.75 Å². The summed E-state index contributed by atoms with van der Waals surface area (Å²) in [7, 11) is 0. The van der Waals surface area contributed by atoms with Gasteiger partial charge in [0.2, 0.25) is 0 Å². The third kappa shape index (κ3) is 4.39. The number of benzene rings is 1. The topological polar surface area (TPSA) is 41.6 Å². The van der Waals surface area contributed by atoms with Crippen molar-refractivity contribution in [3.63, 3.8) is 0 Å². The Labute approximate surface area is 126 Å². The number of rotatable bonds is 3. The molecule has 2 unspecified atom stereocenters.